The molecule has 1 N–H and O–H groups in total. The van der Waals surface area contributed by atoms with Gasteiger partial charge in [-0.2, -0.15) is 0 Å². The van der Waals surface area contributed by atoms with Gasteiger partial charge in [-0.05, 0) is 42.2 Å². The summed E-state index contributed by atoms with van der Waals surface area (Å²) < 4.78 is 5.52. The Morgan fingerprint density at radius 1 is 1.26 bits per heavy atom. The average Bonchev–Trinajstić information content (AvgIpc) is 3.12. The Labute approximate surface area is 145 Å². The van der Waals surface area contributed by atoms with Gasteiger partial charge in [0.25, 0.3) is 5.91 Å². The first-order valence-electron chi connectivity index (χ1n) is 7.91. The third kappa shape index (κ3) is 3.62. The Balaban J connectivity index is 1.87. The fraction of sp³-hybridized carbons (Fsp3) is 0.389. The minimum absolute atomic E-state index is 0.0110. The second-order valence-electron chi connectivity index (χ2n) is 5.56. The van der Waals surface area contributed by atoms with Crippen molar-refractivity contribution in [2.24, 2.45) is 0 Å². The van der Waals surface area contributed by atoms with Crippen LogP contribution in [0.15, 0.2) is 46.7 Å². The van der Waals surface area contributed by atoms with Crippen LogP contribution in [0.2, 0.25) is 0 Å². The number of hydrogen-bond acceptors (Lipinski definition) is 4. The minimum atomic E-state index is -0.298. The van der Waals surface area contributed by atoms with E-state index < -0.39 is 0 Å². The molecule has 1 fully saturated rings. The second-order valence-corrected chi connectivity index (χ2v) is 7.81. The van der Waals surface area contributed by atoms with Crippen molar-refractivity contribution in [3.05, 3.63) is 52.2 Å². The van der Waals surface area contributed by atoms with E-state index in [4.69, 9.17) is 4.74 Å². The number of benzene rings is 1. The molecule has 2 heterocycles. The summed E-state index contributed by atoms with van der Waals surface area (Å²) in [6.45, 7) is 3.47. The van der Waals surface area contributed by atoms with Gasteiger partial charge in [0.2, 0.25) is 0 Å². The molecule has 0 bridgehead atoms. The summed E-state index contributed by atoms with van der Waals surface area (Å²) in [5, 5.41) is 5.40. The maximum atomic E-state index is 12.9. The lowest BCUT2D eigenvalue weighted by molar-refractivity contribution is 0.0357. The van der Waals surface area contributed by atoms with Crippen LogP contribution in [0.1, 0.15) is 35.0 Å². The van der Waals surface area contributed by atoms with E-state index in [1.807, 2.05) is 30.3 Å². The van der Waals surface area contributed by atoms with E-state index in [0.717, 1.165) is 29.1 Å². The number of ether oxygens (including phenoxy) is 1. The van der Waals surface area contributed by atoms with Gasteiger partial charge in [-0.1, -0.05) is 25.1 Å². The molecule has 5 heteroatoms. The number of amides is 1. The zero-order chi connectivity index (χ0) is 16.1. The highest BCUT2D eigenvalue weighted by Gasteiger charge is 2.37. The predicted molar refractivity (Wildman–Crippen MR) is 96.4 cm³/mol. The zero-order valence-corrected chi connectivity index (χ0v) is 14.8. The van der Waals surface area contributed by atoms with E-state index >= 15 is 0 Å². The Bertz CT molecular complexity index is 649. The molecule has 1 aromatic carbocycles. The van der Waals surface area contributed by atoms with Crippen molar-refractivity contribution in [1.82, 2.24) is 5.32 Å². The van der Waals surface area contributed by atoms with Gasteiger partial charge < -0.3 is 10.1 Å². The molecule has 3 nitrogen and oxygen atoms in total. The lowest BCUT2D eigenvalue weighted by atomic mass is 9.88. The van der Waals surface area contributed by atoms with Gasteiger partial charge in [-0.15, -0.1) is 23.1 Å². The summed E-state index contributed by atoms with van der Waals surface area (Å²) in [5.41, 5.74) is 0.467. The molecule has 1 aliphatic rings. The van der Waals surface area contributed by atoms with Crippen molar-refractivity contribution < 1.29 is 9.53 Å². The molecule has 0 unspecified atom stereocenters. The summed E-state index contributed by atoms with van der Waals surface area (Å²) in [5.74, 6) is 0.964. The number of hydrogen-bond donors (Lipinski definition) is 1. The van der Waals surface area contributed by atoms with E-state index in [1.54, 1.807) is 23.1 Å². The summed E-state index contributed by atoms with van der Waals surface area (Å²) in [7, 11) is 0. The molecule has 1 saturated heterocycles. The number of rotatable bonds is 5. The fourth-order valence-corrected chi connectivity index (χ4v) is 4.67. The normalized spacial score (nSPS) is 16.9. The van der Waals surface area contributed by atoms with Gasteiger partial charge in [-0.25, -0.2) is 0 Å². The molecule has 3 rings (SSSR count). The van der Waals surface area contributed by atoms with Crippen molar-refractivity contribution in [1.29, 1.82) is 0 Å². The summed E-state index contributed by atoms with van der Waals surface area (Å²) in [4.78, 5) is 15.2. The van der Waals surface area contributed by atoms with Gasteiger partial charge in [0.1, 0.15) is 0 Å². The van der Waals surface area contributed by atoms with E-state index in [-0.39, 0.29) is 11.4 Å². The number of thioether (sulfide) groups is 1. The Morgan fingerprint density at radius 3 is 2.74 bits per heavy atom. The zero-order valence-electron chi connectivity index (χ0n) is 13.2. The van der Waals surface area contributed by atoms with Crippen LogP contribution >= 0.6 is 23.1 Å². The lowest BCUT2D eigenvalue weighted by Crippen LogP contribution is -2.49. The SMILES string of the molecule is CCSc1ccccc1C(=O)NC1(c2cccs2)CCOCC1. The highest BCUT2D eigenvalue weighted by atomic mass is 32.2. The number of carbonyl (C=O) groups excluding carboxylic acids is 1. The highest BCUT2D eigenvalue weighted by Crippen LogP contribution is 2.35. The van der Waals surface area contributed by atoms with Crippen LogP contribution in [0, 0.1) is 0 Å². The quantitative estimate of drug-likeness (QED) is 0.820. The van der Waals surface area contributed by atoms with Crippen LogP contribution in [-0.2, 0) is 10.3 Å². The van der Waals surface area contributed by atoms with Crippen molar-refractivity contribution in [2.75, 3.05) is 19.0 Å². The molecular weight excluding hydrogens is 326 g/mol. The van der Waals surface area contributed by atoms with E-state index in [2.05, 4.69) is 23.7 Å². The van der Waals surface area contributed by atoms with Crippen LogP contribution in [0.5, 0.6) is 0 Å². The van der Waals surface area contributed by atoms with Crippen molar-refractivity contribution in [2.45, 2.75) is 30.2 Å². The van der Waals surface area contributed by atoms with Gasteiger partial charge in [0, 0.05) is 23.0 Å². The lowest BCUT2D eigenvalue weighted by Gasteiger charge is -2.37. The highest BCUT2D eigenvalue weighted by molar-refractivity contribution is 7.99. The Kier molecular flexibility index (Phi) is 5.41. The largest absolute Gasteiger partial charge is 0.381 e. The van der Waals surface area contributed by atoms with E-state index in [0.29, 0.717) is 13.2 Å². The predicted octanol–water partition coefficient (Wildman–Crippen LogP) is 4.30. The first kappa shape index (κ1) is 16.6. The topological polar surface area (TPSA) is 38.3 Å². The fourth-order valence-electron chi connectivity index (χ4n) is 2.92. The third-order valence-electron chi connectivity index (χ3n) is 4.12. The number of thiophene rings is 1. The smallest absolute Gasteiger partial charge is 0.253 e. The molecule has 0 radical (unpaired) electrons. The second kappa shape index (κ2) is 7.51. The third-order valence-corrected chi connectivity index (χ3v) is 6.15. The maximum absolute atomic E-state index is 12.9. The van der Waals surface area contributed by atoms with Crippen LogP contribution in [0.4, 0.5) is 0 Å². The van der Waals surface area contributed by atoms with Crippen LogP contribution < -0.4 is 5.32 Å². The van der Waals surface area contributed by atoms with Gasteiger partial charge in [-0.3, -0.25) is 4.79 Å². The number of nitrogens with one attached hydrogen (secondary N) is 1. The Hall–Kier alpha value is -1.30. The van der Waals surface area contributed by atoms with Crippen LogP contribution in [0.3, 0.4) is 0 Å². The summed E-state index contributed by atoms with van der Waals surface area (Å²) in [6, 6.07) is 12.0. The molecular formula is C18H21NO2S2. The van der Waals surface area contributed by atoms with Crippen molar-refractivity contribution >= 4 is 29.0 Å². The van der Waals surface area contributed by atoms with Gasteiger partial charge in [0.05, 0.1) is 11.1 Å². The molecule has 1 aliphatic heterocycles. The van der Waals surface area contributed by atoms with Crippen molar-refractivity contribution in [3.63, 3.8) is 0 Å². The first-order chi connectivity index (χ1) is 11.2. The molecule has 122 valence electrons. The molecule has 0 saturated carbocycles. The molecule has 0 atom stereocenters. The summed E-state index contributed by atoms with van der Waals surface area (Å²) in [6.07, 6.45) is 1.64. The molecule has 1 aromatic heterocycles. The average molecular weight is 348 g/mol. The number of carbonyl (C=O) groups is 1. The Morgan fingerprint density at radius 2 is 2.04 bits per heavy atom. The van der Waals surface area contributed by atoms with E-state index in [1.165, 1.54) is 4.88 Å². The van der Waals surface area contributed by atoms with E-state index in [9.17, 15) is 4.79 Å². The van der Waals surface area contributed by atoms with Gasteiger partial charge in [0.15, 0.2) is 0 Å². The molecule has 2 aromatic rings. The minimum Gasteiger partial charge on any atom is -0.381 e. The van der Waals surface area contributed by atoms with Crippen LogP contribution in [-0.4, -0.2) is 24.9 Å². The molecule has 0 spiro atoms. The monoisotopic (exact) mass is 347 g/mol. The maximum Gasteiger partial charge on any atom is 0.253 e. The summed E-state index contributed by atoms with van der Waals surface area (Å²) >= 11 is 3.41. The standard InChI is InChI=1S/C18H21NO2S2/c1-2-22-15-7-4-3-6-14(15)17(20)19-18(9-11-21-12-10-18)16-8-5-13-23-16/h3-8,13H,2,9-12H2,1H3,(H,19,20). The molecule has 1 amide bonds. The van der Waals surface area contributed by atoms with Crippen LogP contribution in [0.25, 0.3) is 0 Å². The van der Waals surface area contributed by atoms with Crippen molar-refractivity contribution in [3.8, 4) is 0 Å². The van der Waals surface area contributed by atoms with Gasteiger partial charge >= 0.3 is 0 Å². The molecule has 23 heavy (non-hydrogen) atoms. The first-order valence-corrected chi connectivity index (χ1v) is 9.78. The molecule has 0 aliphatic carbocycles.